The van der Waals surface area contributed by atoms with Crippen molar-refractivity contribution in [2.45, 2.75) is 24.0 Å². The average molecular weight is 320 g/mol. The molecule has 1 aromatic heterocycles. The molecule has 0 atom stereocenters. The van der Waals surface area contributed by atoms with Crippen molar-refractivity contribution in [3.05, 3.63) is 34.7 Å². The second-order valence-corrected chi connectivity index (χ2v) is 5.92. The molecule has 1 amide bonds. The molecule has 0 bridgehead atoms. The summed E-state index contributed by atoms with van der Waals surface area (Å²) in [6.45, 7) is 0. The van der Waals surface area contributed by atoms with Crippen molar-refractivity contribution in [3.63, 3.8) is 0 Å². The van der Waals surface area contributed by atoms with Crippen molar-refractivity contribution >= 4 is 23.4 Å². The van der Waals surface area contributed by atoms with Crippen LogP contribution in [0.2, 0.25) is 0 Å². The smallest absolute Gasteiger partial charge is 0.344 e. The maximum absolute atomic E-state index is 12.0. The number of amides is 1. The summed E-state index contributed by atoms with van der Waals surface area (Å²) >= 11 is 1.26. The Bertz CT molecular complexity index is 718. The number of benzene rings is 1. The molecule has 0 unspecified atom stereocenters. The van der Waals surface area contributed by atoms with Gasteiger partial charge in [0.2, 0.25) is 5.91 Å². The van der Waals surface area contributed by atoms with Crippen LogP contribution in [0.4, 0.5) is 5.69 Å². The SMILES string of the molecule is COc1ccc(NC(=O)CSc2n[nH]c(=O)n2C2CC2)cc1. The zero-order valence-electron chi connectivity index (χ0n) is 12.0. The molecule has 7 nitrogen and oxygen atoms in total. The van der Waals surface area contributed by atoms with Crippen molar-refractivity contribution in [1.29, 1.82) is 0 Å². The minimum atomic E-state index is -0.208. The van der Waals surface area contributed by atoms with Gasteiger partial charge in [0.05, 0.1) is 12.9 Å². The molecule has 2 aromatic rings. The Morgan fingerprint density at radius 3 is 2.82 bits per heavy atom. The first kappa shape index (κ1) is 14.7. The average Bonchev–Trinajstić information content (AvgIpc) is 3.29. The lowest BCUT2D eigenvalue weighted by atomic mass is 10.3. The van der Waals surface area contributed by atoms with E-state index in [1.165, 1.54) is 11.8 Å². The molecule has 2 N–H and O–H groups in total. The van der Waals surface area contributed by atoms with Gasteiger partial charge in [0.15, 0.2) is 5.16 Å². The largest absolute Gasteiger partial charge is 0.497 e. The Balaban J connectivity index is 1.57. The van der Waals surface area contributed by atoms with E-state index in [-0.39, 0.29) is 23.4 Å². The summed E-state index contributed by atoms with van der Waals surface area (Å²) < 4.78 is 6.69. The number of ether oxygens (including phenoxy) is 1. The van der Waals surface area contributed by atoms with E-state index >= 15 is 0 Å². The molecule has 1 aliphatic rings. The summed E-state index contributed by atoms with van der Waals surface area (Å²) in [7, 11) is 1.59. The molecule has 1 heterocycles. The molecule has 8 heteroatoms. The summed E-state index contributed by atoms with van der Waals surface area (Å²) in [5, 5.41) is 9.77. The third-order valence-electron chi connectivity index (χ3n) is 3.29. The van der Waals surface area contributed by atoms with Crippen LogP contribution in [-0.4, -0.2) is 33.5 Å². The van der Waals surface area contributed by atoms with Crippen LogP contribution in [0.3, 0.4) is 0 Å². The number of carbonyl (C=O) groups excluding carboxylic acids is 1. The van der Waals surface area contributed by atoms with E-state index in [1.807, 2.05) is 0 Å². The zero-order chi connectivity index (χ0) is 15.5. The number of carbonyl (C=O) groups is 1. The molecule has 1 aromatic carbocycles. The number of H-pyrrole nitrogens is 1. The Hall–Kier alpha value is -2.22. The van der Waals surface area contributed by atoms with Crippen molar-refractivity contribution in [2.24, 2.45) is 0 Å². The number of thioether (sulfide) groups is 1. The first-order valence-corrected chi connectivity index (χ1v) is 7.89. The number of aromatic amines is 1. The van der Waals surface area contributed by atoms with Gasteiger partial charge >= 0.3 is 5.69 Å². The van der Waals surface area contributed by atoms with E-state index in [2.05, 4.69) is 15.5 Å². The molecule has 0 saturated heterocycles. The van der Waals surface area contributed by atoms with Crippen molar-refractivity contribution in [2.75, 3.05) is 18.2 Å². The number of hydrogen-bond acceptors (Lipinski definition) is 5. The predicted octanol–water partition coefficient (Wildman–Crippen LogP) is 1.65. The summed E-state index contributed by atoms with van der Waals surface area (Å²) in [5.41, 5.74) is 0.494. The fourth-order valence-corrected chi connectivity index (χ4v) is 2.86. The molecule has 1 saturated carbocycles. The van der Waals surface area contributed by atoms with Gasteiger partial charge < -0.3 is 10.1 Å². The lowest BCUT2D eigenvalue weighted by Gasteiger charge is -2.06. The first-order chi connectivity index (χ1) is 10.7. The number of nitrogens with zero attached hydrogens (tertiary/aromatic N) is 2. The van der Waals surface area contributed by atoms with Gasteiger partial charge in [0, 0.05) is 11.7 Å². The number of nitrogens with one attached hydrogen (secondary N) is 2. The van der Waals surface area contributed by atoms with E-state index in [0.29, 0.717) is 10.8 Å². The molecule has 3 rings (SSSR count). The standard InChI is InChI=1S/C14H16N4O3S/c1-21-11-6-2-9(3-7-11)15-12(19)8-22-14-17-16-13(20)18(14)10-4-5-10/h2-3,6-7,10H,4-5,8H2,1H3,(H,15,19)(H,16,20). The van der Waals surface area contributed by atoms with Gasteiger partial charge in [-0.2, -0.15) is 0 Å². The maximum Gasteiger partial charge on any atom is 0.344 e. The van der Waals surface area contributed by atoms with Crippen LogP contribution >= 0.6 is 11.8 Å². The lowest BCUT2D eigenvalue weighted by Crippen LogP contribution is -2.17. The number of hydrogen-bond donors (Lipinski definition) is 2. The van der Waals surface area contributed by atoms with Gasteiger partial charge in [-0.3, -0.25) is 9.36 Å². The Morgan fingerprint density at radius 1 is 1.45 bits per heavy atom. The minimum Gasteiger partial charge on any atom is -0.497 e. The Labute approximate surface area is 131 Å². The fourth-order valence-electron chi connectivity index (χ4n) is 2.05. The van der Waals surface area contributed by atoms with Crippen LogP contribution in [-0.2, 0) is 4.79 Å². The maximum atomic E-state index is 12.0. The van der Waals surface area contributed by atoms with Crippen LogP contribution < -0.4 is 15.7 Å². The van der Waals surface area contributed by atoms with Gasteiger partial charge in [-0.15, -0.1) is 5.10 Å². The van der Waals surface area contributed by atoms with E-state index < -0.39 is 0 Å². The zero-order valence-corrected chi connectivity index (χ0v) is 12.9. The van der Waals surface area contributed by atoms with Crippen LogP contribution in [0.5, 0.6) is 5.75 Å². The quantitative estimate of drug-likeness (QED) is 0.790. The molecule has 0 spiro atoms. The van der Waals surface area contributed by atoms with Gasteiger partial charge in [-0.1, -0.05) is 11.8 Å². The highest BCUT2D eigenvalue weighted by molar-refractivity contribution is 7.99. The third kappa shape index (κ3) is 3.33. The number of methoxy groups -OCH3 is 1. The molecule has 1 fully saturated rings. The van der Waals surface area contributed by atoms with E-state index in [9.17, 15) is 9.59 Å². The normalized spacial score (nSPS) is 13.9. The van der Waals surface area contributed by atoms with Crippen LogP contribution in [0.1, 0.15) is 18.9 Å². The van der Waals surface area contributed by atoms with Gasteiger partial charge in [0.25, 0.3) is 0 Å². The minimum absolute atomic E-state index is 0.145. The summed E-state index contributed by atoms with van der Waals surface area (Å²) in [6.07, 6.45) is 1.98. The molecule has 0 radical (unpaired) electrons. The summed E-state index contributed by atoms with van der Waals surface area (Å²) in [4.78, 5) is 23.6. The van der Waals surface area contributed by atoms with E-state index in [1.54, 1.807) is 35.9 Å². The number of aromatic nitrogens is 3. The highest BCUT2D eigenvalue weighted by Crippen LogP contribution is 2.35. The lowest BCUT2D eigenvalue weighted by molar-refractivity contribution is -0.113. The van der Waals surface area contributed by atoms with Crippen molar-refractivity contribution in [3.8, 4) is 5.75 Å². The fraction of sp³-hybridized carbons (Fsp3) is 0.357. The van der Waals surface area contributed by atoms with Gasteiger partial charge in [-0.25, -0.2) is 9.89 Å². The van der Waals surface area contributed by atoms with E-state index in [0.717, 1.165) is 18.6 Å². The highest BCUT2D eigenvalue weighted by atomic mass is 32.2. The summed E-state index contributed by atoms with van der Waals surface area (Å²) in [6, 6.07) is 7.34. The van der Waals surface area contributed by atoms with Crippen molar-refractivity contribution in [1.82, 2.24) is 14.8 Å². The number of anilines is 1. The number of rotatable bonds is 6. The Kier molecular flexibility index (Phi) is 4.19. The van der Waals surface area contributed by atoms with Crippen molar-refractivity contribution < 1.29 is 9.53 Å². The summed E-state index contributed by atoms with van der Waals surface area (Å²) in [5.74, 6) is 0.786. The monoisotopic (exact) mass is 320 g/mol. The molecule has 22 heavy (non-hydrogen) atoms. The van der Waals surface area contributed by atoms with Crippen LogP contribution in [0.15, 0.2) is 34.2 Å². The predicted molar refractivity (Wildman–Crippen MR) is 83.5 cm³/mol. The first-order valence-electron chi connectivity index (χ1n) is 6.91. The second kappa shape index (κ2) is 6.27. The van der Waals surface area contributed by atoms with Crippen LogP contribution in [0.25, 0.3) is 0 Å². The topological polar surface area (TPSA) is 89.0 Å². The molecular weight excluding hydrogens is 304 g/mol. The Morgan fingerprint density at radius 2 is 2.18 bits per heavy atom. The van der Waals surface area contributed by atoms with Gasteiger partial charge in [-0.05, 0) is 37.1 Å². The molecule has 0 aliphatic heterocycles. The highest BCUT2D eigenvalue weighted by Gasteiger charge is 2.28. The molecule has 1 aliphatic carbocycles. The molecular formula is C14H16N4O3S. The third-order valence-corrected chi connectivity index (χ3v) is 4.24. The van der Waals surface area contributed by atoms with Crippen LogP contribution in [0, 0.1) is 0 Å². The van der Waals surface area contributed by atoms with E-state index in [4.69, 9.17) is 4.74 Å². The second-order valence-electron chi connectivity index (χ2n) is 4.98. The molecule has 116 valence electrons. The van der Waals surface area contributed by atoms with Gasteiger partial charge in [0.1, 0.15) is 5.75 Å².